The number of carboxylic acids is 1. The van der Waals surface area contributed by atoms with Gasteiger partial charge < -0.3 is 15.6 Å². The molecular weight excluding hydrogens is 375 g/mol. The normalized spacial score (nSPS) is 10.5. The van der Waals surface area contributed by atoms with E-state index < -0.39 is 5.97 Å². The van der Waals surface area contributed by atoms with Gasteiger partial charge in [-0.25, -0.2) is 9.78 Å². The highest BCUT2D eigenvalue weighted by atomic mass is 35.5. The van der Waals surface area contributed by atoms with Crippen LogP contribution in [0.1, 0.15) is 15.9 Å². The first kappa shape index (κ1) is 18.0. The summed E-state index contributed by atoms with van der Waals surface area (Å²) < 4.78 is 5.75. The van der Waals surface area contributed by atoms with Gasteiger partial charge in [0.2, 0.25) is 0 Å². The van der Waals surface area contributed by atoms with Crippen LogP contribution in [0.2, 0.25) is 10.0 Å². The average molecular weight is 389 g/mol. The second kappa shape index (κ2) is 7.64. The number of benzene rings is 2. The Hall–Kier alpha value is -2.76. The number of halogens is 2. The lowest BCUT2D eigenvalue weighted by Gasteiger charge is -2.12. The maximum absolute atomic E-state index is 11.1. The number of nitrogen functional groups attached to an aromatic ring is 1. The summed E-state index contributed by atoms with van der Waals surface area (Å²) in [7, 11) is 0. The molecule has 0 atom stereocenters. The molecule has 0 bridgehead atoms. The molecule has 0 aliphatic carbocycles. The highest BCUT2D eigenvalue weighted by Gasteiger charge is 2.11. The summed E-state index contributed by atoms with van der Waals surface area (Å²) in [6, 6.07) is 13.4. The molecular formula is C19H14Cl2N2O3. The molecule has 132 valence electrons. The summed E-state index contributed by atoms with van der Waals surface area (Å²) in [4.78, 5) is 15.3. The molecule has 0 spiro atoms. The van der Waals surface area contributed by atoms with Crippen molar-refractivity contribution in [3.05, 3.63) is 75.9 Å². The van der Waals surface area contributed by atoms with Gasteiger partial charge in [0.15, 0.2) is 11.6 Å². The molecule has 3 aromatic rings. The van der Waals surface area contributed by atoms with E-state index in [9.17, 15) is 4.79 Å². The van der Waals surface area contributed by atoms with E-state index in [1.807, 2.05) is 0 Å². The molecule has 3 N–H and O–H groups in total. The summed E-state index contributed by atoms with van der Waals surface area (Å²) in [6.07, 6.45) is 1.56. The third-order valence-corrected chi connectivity index (χ3v) is 4.47. The highest BCUT2D eigenvalue weighted by molar-refractivity contribution is 6.35. The number of carboxylic acid groups (broad SMARTS) is 1. The number of nitrogens with two attached hydrogens (primary N) is 1. The topological polar surface area (TPSA) is 85.4 Å². The predicted molar refractivity (Wildman–Crippen MR) is 102 cm³/mol. The fourth-order valence-corrected chi connectivity index (χ4v) is 2.89. The Labute approximate surface area is 160 Å². The van der Waals surface area contributed by atoms with Crippen LogP contribution in [0.5, 0.6) is 5.75 Å². The number of carbonyl (C=O) groups is 1. The molecule has 0 aliphatic rings. The number of pyridine rings is 1. The van der Waals surface area contributed by atoms with Gasteiger partial charge in [-0.1, -0.05) is 41.4 Å². The van der Waals surface area contributed by atoms with Crippen molar-refractivity contribution in [2.45, 2.75) is 6.61 Å². The van der Waals surface area contributed by atoms with Crippen LogP contribution in [0.25, 0.3) is 11.1 Å². The molecule has 0 radical (unpaired) electrons. The van der Waals surface area contributed by atoms with Gasteiger partial charge in [-0.2, -0.15) is 0 Å². The van der Waals surface area contributed by atoms with E-state index in [4.69, 9.17) is 38.8 Å². The van der Waals surface area contributed by atoms with E-state index in [0.717, 1.165) is 0 Å². The monoisotopic (exact) mass is 388 g/mol. The third kappa shape index (κ3) is 3.90. The lowest BCUT2D eigenvalue weighted by Crippen LogP contribution is -2.02. The number of rotatable bonds is 5. The van der Waals surface area contributed by atoms with Crippen LogP contribution in [-0.2, 0) is 6.61 Å². The molecule has 0 saturated carbocycles. The Bertz CT molecular complexity index is 956. The zero-order valence-corrected chi connectivity index (χ0v) is 15.0. The van der Waals surface area contributed by atoms with Gasteiger partial charge in [-0.15, -0.1) is 0 Å². The van der Waals surface area contributed by atoms with Gasteiger partial charge >= 0.3 is 5.97 Å². The first-order valence-corrected chi connectivity index (χ1v) is 8.36. The van der Waals surface area contributed by atoms with E-state index in [-0.39, 0.29) is 18.0 Å². The van der Waals surface area contributed by atoms with Crippen LogP contribution in [0.15, 0.2) is 54.7 Å². The van der Waals surface area contributed by atoms with Crippen molar-refractivity contribution in [1.82, 2.24) is 4.98 Å². The van der Waals surface area contributed by atoms with E-state index in [1.165, 1.54) is 6.07 Å². The quantitative estimate of drug-likeness (QED) is 0.647. The molecule has 3 rings (SSSR count). The predicted octanol–water partition coefficient (Wildman–Crippen LogP) is 4.91. The Morgan fingerprint density at radius 1 is 1.08 bits per heavy atom. The molecule has 2 aromatic carbocycles. The summed E-state index contributed by atoms with van der Waals surface area (Å²) >= 11 is 12.3. The number of ether oxygens (including phenoxy) is 1. The van der Waals surface area contributed by atoms with Gasteiger partial charge in [0.05, 0.1) is 5.56 Å². The van der Waals surface area contributed by atoms with E-state index in [0.29, 0.717) is 32.5 Å². The molecule has 7 heteroatoms. The van der Waals surface area contributed by atoms with Crippen molar-refractivity contribution < 1.29 is 14.6 Å². The first-order valence-electron chi connectivity index (χ1n) is 7.60. The lowest BCUT2D eigenvalue weighted by molar-refractivity contribution is 0.0697. The van der Waals surface area contributed by atoms with E-state index in [1.54, 1.807) is 48.7 Å². The maximum atomic E-state index is 11.1. The standard InChI is InChI=1S/C19H14Cl2N2O3/c20-15-5-2-6-16(21)14(15)10-26-17-8-13(9-23-18(17)22)11-3-1-4-12(7-11)19(24)25/h1-9H,10H2,(H2,22,23)(H,24,25). The van der Waals surface area contributed by atoms with Crippen LogP contribution >= 0.6 is 23.2 Å². The fourth-order valence-electron chi connectivity index (χ4n) is 2.38. The molecule has 0 aliphatic heterocycles. The number of nitrogens with zero attached hydrogens (tertiary/aromatic N) is 1. The largest absolute Gasteiger partial charge is 0.485 e. The van der Waals surface area contributed by atoms with Crippen molar-refractivity contribution in [3.8, 4) is 16.9 Å². The van der Waals surface area contributed by atoms with Crippen molar-refractivity contribution >= 4 is 35.0 Å². The summed E-state index contributed by atoms with van der Waals surface area (Å²) in [5, 5.41) is 10.1. The zero-order valence-electron chi connectivity index (χ0n) is 13.4. The smallest absolute Gasteiger partial charge is 0.335 e. The van der Waals surface area contributed by atoms with Gasteiger partial charge in [-0.3, -0.25) is 0 Å². The fraction of sp³-hybridized carbons (Fsp3) is 0.0526. The molecule has 0 amide bonds. The van der Waals surface area contributed by atoms with Crippen molar-refractivity contribution in [3.63, 3.8) is 0 Å². The Morgan fingerprint density at radius 3 is 2.46 bits per heavy atom. The van der Waals surface area contributed by atoms with Crippen LogP contribution in [-0.4, -0.2) is 16.1 Å². The molecule has 0 saturated heterocycles. The SMILES string of the molecule is Nc1ncc(-c2cccc(C(=O)O)c2)cc1OCc1c(Cl)cccc1Cl. The molecule has 1 heterocycles. The minimum absolute atomic E-state index is 0.128. The number of aromatic carboxylic acids is 1. The van der Waals surface area contributed by atoms with Crippen molar-refractivity contribution in [1.29, 1.82) is 0 Å². The van der Waals surface area contributed by atoms with Gasteiger partial charge in [-0.05, 0) is 35.9 Å². The minimum Gasteiger partial charge on any atom is -0.485 e. The lowest BCUT2D eigenvalue weighted by atomic mass is 10.0. The van der Waals surface area contributed by atoms with E-state index in [2.05, 4.69) is 4.98 Å². The number of anilines is 1. The highest BCUT2D eigenvalue weighted by Crippen LogP contribution is 2.30. The number of aromatic nitrogens is 1. The Balaban J connectivity index is 1.89. The van der Waals surface area contributed by atoms with Gasteiger partial charge in [0.25, 0.3) is 0 Å². The van der Waals surface area contributed by atoms with Gasteiger partial charge in [0.1, 0.15) is 6.61 Å². The van der Waals surface area contributed by atoms with Crippen LogP contribution < -0.4 is 10.5 Å². The number of hydrogen-bond acceptors (Lipinski definition) is 4. The number of hydrogen-bond donors (Lipinski definition) is 2. The summed E-state index contributed by atoms with van der Waals surface area (Å²) in [5.74, 6) is -0.425. The first-order chi connectivity index (χ1) is 12.5. The Kier molecular flexibility index (Phi) is 5.30. The second-order valence-corrected chi connectivity index (χ2v) is 6.30. The zero-order chi connectivity index (χ0) is 18.7. The molecule has 26 heavy (non-hydrogen) atoms. The second-order valence-electron chi connectivity index (χ2n) is 5.48. The third-order valence-electron chi connectivity index (χ3n) is 3.76. The van der Waals surface area contributed by atoms with Crippen molar-refractivity contribution in [2.24, 2.45) is 0 Å². The molecule has 0 fully saturated rings. The maximum Gasteiger partial charge on any atom is 0.335 e. The molecule has 1 aromatic heterocycles. The summed E-state index contributed by atoms with van der Waals surface area (Å²) in [5.41, 5.74) is 8.10. The van der Waals surface area contributed by atoms with Crippen LogP contribution in [0, 0.1) is 0 Å². The van der Waals surface area contributed by atoms with E-state index >= 15 is 0 Å². The average Bonchev–Trinajstić information content (AvgIpc) is 2.62. The molecule has 0 unspecified atom stereocenters. The Morgan fingerprint density at radius 2 is 1.77 bits per heavy atom. The minimum atomic E-state index is -1.000. The van der Waals surface area contributed by atoms with Gasteiger partial charge in [0, 0.05) is 27.4 Å². The summed E-state index contributed by atoms with van der Waals surface area (Å²) in [6.45, 7) is 0.128. The van der Waals surface area contributed by atoms with Crippen LogP contribution in [0.3, 0.4) is 0 Å². The van der Waals surface area contributed by atoms with Crippen LogP contribution in [0.4, 0.5) is 5.82 Å². The van der Waals surface area contributed by atoms with Crippen molar-refractivity contribution in [2.75, 3.05) is 5.73 Å². The molecule has 5 nitrogen and oxygen atoms in total.